The van der Waals surface area contributed by atoms with E-state index in [4.69, 9.17) is 0 Å². The molecule has 1 N–H and O–H groups in total. The molecule has 1 aromatic heterocycles. The number of hydrogen-bond donors (Lipinski definition) is 1. The largest absolute Gasteiger partial charge is 0.306 e. The number of benzene rings is 2. The van der Waals surface area contributed by atoms with Crippen molar-refractivity contribution < 1.29 is 13.6 Å². The lowest BCUT2D eigenvalue weighted by atomic mass is 9.92. The van der Waals surface area contributed by atoms with Crippen LogP contribution in [0.4, 0.5) is 14.6 Å². The van der Waals surface area contributed by atoms with E-state index in [1.165, 1.54) is 35.0 Å². The molecule has 0 saturated carbocycles. The maximum Gasteiger partial charge on any atom is 0.259 e. The molecule has 0 atom stereocenters. The Hall–Kier alpha value is -3.02. The molecule has 6 heteroatoms. The topological polar surface area (TPSA) is 46.9 Å². The van der Waals surface area contributed by atoms with Gasteiger partial charge in [0.25, 0.3) is 5.91 Å². The summed E-state index contributed by atoms with van der Waals surface area (Å²) in [6, 6.07) is 13.2. The average Bonchev–Trinajstić information content (AvgIpc) is 3.00. The van der Waals surface area contributed by atoms with E-state index in [0.29, 0.717) is 11.5 Å². The van der Waals surface area contributed by atoms with E-state index >= 15 is 0 Å². The van der Waals surface area contributed by atoms with Gasteiger partial charge in [0.05, 0.1) is 16.9 Å². The Bertz CT molecular complexity index is 940. The van der Waals surface area contributed by atoms with E-state index in [2.05, 4.69) is 10.4 Å². The summed E-state index contributed by atoms with van der Waals surface area (Å²) in [6.45, 7) is 5.98. The van der Waals surface area contributed by atoms with Crippen LogP contribution in [0.25, 0.3) is 5.69 Å². The SMILES string of the molecule is CC(C)(C)c1cc(NC(=O)c2ccccc2F)n(-c2ccc(F)cc2)n1. The standard InChI is InChI=1S/C20H19F2N3O/c1-20(2,3)17-12-18(23-19(26)15-6-4-5-7-16(15)22)25(24-17)14-10-8-13(21)9-11-14/h4-12H,1-3H3,(H,23,26). The van der Waals surface area contributed by atoms with E-state index in [-0.39, 0.29) is 16.8 Å². The van der Waals surface area contributed by atoms with Crippen LogP contribution in [0.1, 0.15) is 36.8 Å². The van der Waals surface area contributed by atoms with Gasteiger partial charge in [0.2, 0.25) is 0 Å². The summed E-state index contributed by atoms with van der Waals surface area (Å²) in [6.07, 6.45) is 0. The quantitative estimate of drug-likeness (QED) is 0.740. The molecule has 0 unspecified atom stereocenters. The Labute approximate surface area is 150 Å². The zero-order chi connectivity index (χ0) is 18.9. The van der Waals surface area contributed by atoms with Crippen molar-refractivity contribution in [2.24, 2.45) is 0 Å². The third kappa shape index (κ3) is 3.64. The Morgan fingerprint density at radius 3 is 2.31 bits per heavy atom. The van der Waals surface area contributed by atoms with Crippen molar-refractivity contribution in [1.29, 1.82) is 0 Å². The first-order valence-electron chi connectivity index (χ1n) is 8.18. The van der Waals surface area contributed by atoms with Gasteiger partial charge in [-0.3, -0.25) is 4.79 Å². The van der Waals surface area contributed by atoms with Crippen LogP contribution >= 0.6 is 0 Å². The highest BCUT2D eigenvalue weighted by Gasteiger charge is 2.22. The minimum atomic E-state index is -0.603. The molecule has 26 heavy (non-hydrogen) atoms. The first-order chi connectivity index (χ1) is 12.3. The lowest BCUT2D eigenvalue weighted by molar-refractivity contribution is 0.102. The molecule has 0 aliphatic carbocycles. The summed E-state index contributed by atoms with van der Waals surface area (Å²) in [5, 5.41) is 7.24. The van der Waals surface area contributed by atoms with Gasteiger partial charge >= 0.3 is 0 Å². The first kappa shape index (κ1) is 17.8. The Balaban J connectivity index is 2.02. The van der Waals surface area contributed by atoms with Gasteiger partial charge in [-0.25, -0.2) is 13.5 Å². The van der Waals surface area contributed by atoms with Crippen LogP contribution in [0, 0.1) is 11.6 Å². The van der Waals surface area contributed by atoms with Gasteiger partial charge in [-0.1, -0.05) is 32.9 Å². The van der Waals surface area contributed by atoms with Gasteiger partial charge in [0, 0.05) is 11.5 Å². The number of rotatable bonds is 3. The van der Waals surface area contributed by atoms with Gasteiger partial charge < -0.3 is 5.32 Å². The molecule has 1 amide bonds. The Morgan fingerprint density at radius 2 is 1.69 bits per heavy atom. The summed E-state index contributed by atoms with van der Waals surface area (Å²) >= 11 is 0. The van der Waals surface area contributed by atoms with Crippen LogP contribution in [0.15, 0.2) is 54.6 Å². The molecular weight excluding hydrogens is 336 g/mol. The fraction of sp³-hybridized carbons (Fsp3) is 0.200. The summed E-state index contributed by atoms with van der Waals surface area (Å²) in [5.74, 6) is -1.16. The number of amides is 1. The van der Waals surface area contributed by atoms with E-state index in [1.54, 1.807) is 24.3 Å². The van der Waals surface area contributed by atoms with Crippen molar-refractivity contribution in [2.75, 3.05) is 5.32 Å². The highest BCUT2D eigenvalue weighted by atomic mass is 19.1. The monoisotopic (exact) mass is 355 g/mol. The molecule has 3 rings (SSSR count). The molecule has 0 fully saturated rings. The third-order valence-corrected chi connectivity index (χ3v) is 3.91. The van der Waals surface area contributed by atoms with Crippen molar-refractivity contribution in [2.45, 2.75) is 26.2 Å². The third-order valence-electron chi connectivity index (χ3n) is 3.91. The molecule has 0 aliphatic rings. The minimum Gasteiger partial charge on any atom is -0.306 e. The maximum atomic E-state index is 13.9. The molecule has 4 nitrogen and oxygen atoms in total. The zero-order valence-corrected chi connectivity index (χ0v) is 14.8. The number of nitrogens with zero attached hydrogens (tertiary/aromatic N) is 2. The van der Waals surface area contributed by atoms with Crippen molar-refractivity contribution in [3.63, 3.8) is 0 Å². The minimum absolute atomic E-state index is 0.0586. The molecule has 0 aliphatic heterocycles. The second kappa shape index (κ2) is 6.71. The van der Waals surface area contributed by atoms with Crippen molar-refractivity contribution in [3.8, 4) is 5.69 Å². The normalized spacial score (nSPS) is 11.4. The maximum absolute atomic E-state index is 13.9. The van der Waals surface area contributed by atoms with E-state index < -0.39 is 11.7 Å². The number of carbonyl (C=O) groups is 1. The van der Waals surface area contributed by atoms with Gasteiger partial charge in [0.15, 0.2) is 0 Å². The van der Waals surface area contributed by atoms with E-state index in [0.717, 1.165) is 5.69 Å². The second-order valence-electron chi connectivity index (χ2n) is 6.99. The lowest BCUT2D eigenvalue weighted by Crippen LogP contribution is -2.16. The van der Waals surface area contributed by atoms with Gasteiger partial charge in [-0.05, 0) is 36.4 Å². The smallest absolute Gasteiger partial charge is 0.259 e. The summed E-state index contributed by atoms with van der Waals surface area (Å²) < 4.78 is 28.6. The lowest BCUT2D eigenvalue weighted by Gasteiger charge is -2.14. The van der Waals surface area contributed by atoms with Crippen LogP contribution in [0.2, 0.25) is 0 Å². The number of nitrogens with one attached hydrogen (secondary N) is 1. The molecule has 0 radical (unpaired) electrons. The fourth-order valence-electron chi connectivity index (χ4n) is 2.44. The zero-order valence-electron chi connectivity index (χ0n) is 14.8. The van der Waals surface area contributed by atoms with Crippen LogP contribution in [0.3, 0.4) is 0 Å². The molecular formula is C20H19F2N3O. The summed E-state index contributed by atoms with van der Waals surface area (Å²) in [5.41, 5.74) is 1.01. The van der Waals surface area contributed by atoms with Crippen LogP contribution in [-0.4, -0.2) is 15.7 Å². The molecule has 1 heterocycles. The van der Waals surface area contributed by atoms with Crippen molar-refractivity contribution in [3.05, 3.63) is 77.5 Å². The van der Waals surface area contributed by atoms with E-state index in [9.17, 15) is 13.6 Å². The molecule has 0 saturated heterocycles. The van der Waals surface area contributed by atoms with Gasteiger partial charge in [-0.15, -0.1) is 0 Å². The Morgan fingerprint density at radius 1 is 1.04 bits per heavy atom. The van der Waals surface area contributed by atoms with Crippen LogP contribution in [0.5, 0.6) is 0 Å². The average molecular weight is 355 g/mol. The molecule has 2 aromatic carbocycles. The molecule has 3 aromatic rings. The van der Waals surface area contributed by atoms with Crippen molar-refractivity contribution >= 4 is 11.7 Å². The van der Waals surface area contributed by atoms with Gasteiger partial charge in [-0.2, -0.15) is 5.10 Å². The number of halogens is 2. The number of carbonyl (C=O) groups excluding carboxylic acids is 1. The predicted molar refractivity (Wildman–Crippen MR) is 96.6 cm³/mol. The number of aromatic nitrogens is 2. The summed E-state index contributed by atoms with van der Waals surface area (Å²) in [7, 11) is 0. The van der Waals surface area contributed by atoms with E-state index in [1.807, 2.05) is 20.8 Å². The number of hydrogen-bond acceptors (Lipinski definition) is 2. The Kier molecular flexibility index (Phi) is 4.59. The van der Waals surface area contributed by atoms with Crippen LogP contribution in [-0.2, 0) is 5.41 Å². The fourth-order valence-corrected chi connectivity index (χ4v) is 2.44. The number of anilines is 1. The molecule has 0 bridgehead atoms. The van der Waals surface area contributed by atoms with Crippen molar-refractivity contribution in [1.82, 2.24) is 9.78 Å². The first-order valence-corrected chi connectivity index (χ1v) is 8.18. The van der Waals surface area contributed by atoms with Gasteiger partial charge in [0.1, 0.15) is 17.5 Å². The highest BCUT2D eigenvalue weighted by molar-refractivity contribution is 6.04. The second-order valence-corrected chi connectivity index (χ2v) is 6.99. The predicted octanol–water partition coefficient (Wildman–Crippen LogP) is 4.70. The molecule has 134 valence electrons. The molecule has 0 spiro atoms. The highest BCUT2D eigenvalue weighted by Crippen LogP contribution is 2.27. The van der Waals surface area contributed by atoms with Crippen LogP contribution < -0.4 is 5.32 Å². The summed E-state index contributed by atoms with van der Waals surface area (Å²) in [4.78, 5) is 12.5.